The molecule has 1 saturated heterocycles. The largest absolute Gasteiger partial charge is 0.316 e. The van der Waals surface area contributed by atoms with E-state index in [1.807, 2.05) is 0 Å². The third kappa shape index (κ3) is 2.81. The van der Waals surface area contributed by atoms with Gasteiger partial charge in [-0.05, 0) is 31.8 Å². The maximum absolute atomic E-state index is 11.7. The van der Waals surface area contributed by atoms with Crippen LogP contribution in [0.1, 0.15) is 12.8 Å². The van der Waals surface area contributed by atoms with Gasteiger partial charge in [-0.15, -0.1) is 0 Å². The molecule has 1 aliphatic heterocycles. The van der Waals surface area contributed by atoms with Gasteiger partial charge in [0.1, 0.15) is 4.90 Å². The fourth-order valence-electron chi connectivity index (χ4n) is 1.83. The molecule has 2 heterocycles. The minimum atomic E-state index is -3.37. The van der Waals surface area contributed by atoms with E-state index in [4.69, 9.17) is 0 Å². The molecule has 0 spiro atoms. The highest BCUT2D eigenvalue weighted by Crippen LogP contribution is 2.12. The minimum absolute atomic E-state index is 0.192. The van der Waals surface area contributed by atoms with Crippen molar-refractivity contribution < 1.29 is 8.42 Å². The first kappa shape index (κ1) is 11.6. The van der Waals surface area contributed by atoms with Crippen molar-refractivity contribution in [3.8, 4) is 0 Å². The van der Waals surface area contributed by atoms with E-state index in [1.165, 1.54) is 12.4 Å². The Bertz CT molecular complexity index is 409. The Morgan fingerprint density at radius 2 is 2.44 bits per heavy atom. The Kier molecular flexibility index (Phi) is 3.57. The van der Waals surface area contributed by atoms with Crippen LogP contribution in [0.15, 0.2) is 17.3 Å². The first-order valence-corrected chi connectivity index (χ1v) is 6.86. The average Bonchev–Trinajstić information content (AvgIpc) is 2.90. The number of aromatic amines is 1. The van der Waals surface area contributed by atoms with Gasteiger partial charge < -0.3 is 5.32 Å². The van der Waals surface area contributed by atoms with Gasteiger partial charge in [-0.1, -0.05) is 0 Å². The standard InChI is InChI=1S/C9H16N4O2S/c14-16(15,9-6-11-12-7-9)13-4-2-8-1-3-10-5-8/h6-8,10,13H,1-5H2,(H,11,12). The van der Waals surface area contributed by atoms with E-state index in [0.29, 0.717) is 12.5 Å². The molecule has 0 amide bonds. The van der Waals surface area contributed by atoms with Crippen LogP contribution in [-0.4, -0.2) is 38.2 Å². The second kappa shape index (κ2) is 4.94. The maximum Gasteiger partial charge on any atom is 0.243 e. The van der Waals surface area contributed by atoms with Crippen molar-refractivity contribution in [2.24, 2.45) is 5.92 Å². The third-order valence-electron chi connectivity index (χ3n) is 2.79. The molecule has 3 N–H and O–H groups in total. The van der Waals surface area contributed by atoms with Gasteiger partial charge in [0.15, 0.2) is 0 Å². The molecule has 1 unspecified atom stereocenters. The number of H-pyrrole nitrogens is 1. The van der Waals surface area contributed by atoms with Crippen molar-refractivity contribution >= 4 is 10.0 Å². The molecular weight excluding hydrogens is 228 g/mol. The summed E-state index contributed by atoms with van der Waals surface area (Å²) < 4.78 is 25.9. The van der Waals surface area contributed by atoms with E-state index in [0.717, 1.165) is 25.9 Å². The molecule has 1 atom stereocenters. The monoisotopic (exact) mass is 244 g/mol. The molecule has 2 rings (SSSR count). The molecule has 90 valence electrons. The Morgan fingerprint density at radius 3 is 3.06 bits per heavy atom. The second-order valence-electron chi connectivity index (χ2n) is 3.98. The summed E-state index contributed by atoms with van der Waals surface area (Å²) in [6, 6.07) is 0. The van der Waals surface area contributed by atoms with Gasteiger partial charge in [0.25, 0.3) is 0 Å². The van der Waals surface area contributed by atoms with E-state index < -0.39 is 10.0 Å². The summed E-state index contributed by atoms with van der Waals surface area (Å²) in [5, 5.41) is 9.36. The minimum Gasteiger partial charge on any atom is -0.316 e. The highest BCUT2D eigenvalue weighted by Gasteiger charge is 2.17. The van der Waals surface area contributed by atoms with E-state index in [1.54, 1.807) is 0 Å². The summed E-state index contributed by atoms with van der Waals surface area (Å²) in [7, 11) is -3.37. The summed E-state index contributed by atoms with van der Waals surface area (Å²) in [6.45, 7) is 2.52. The summed E-state index contributed by atoms with van der Waals surface area (Å²) in [5.74, 6) is 0.590. The van der Waals surface area contributed by atoms with Gasteiger partial charge in [0.05, 0.1) is 6.20 Å². The molecular formula is C9H16N4O2S. The Balaban J connectivity index is 1.81. The van der Waals surface area contributed by atoms with Crippen LogP contribution in [0.4, 0.5) is 0 Å². The van der Waals surface area contributed by atoms with Crippen LogP contribution in [0.5, 0.6) is 0 Å². The van der Waals surface area contributed by atoms with Crippen LogP contribution in [0, 0.1) is 5.92 Å². The zero-order valence-corrected chi connectivity index (χ0v) is 9.76. The van der Waals surface area contributed by atoms with Crippen molar-refractivity contribution in [2.45, 2.75) is 17.7 Å². The number of nitrogens with one attached hydrogen (secondary N) is 3. The maximum atomic E-state index is 11.7. The number of nitrogens with zero attached hydrogens (tertiary/aromatic N) is 1. The Hall–Kier alpha value is -0.920. The topological polar surface area (TPSA) is 86.9 Å². The molecule has 1 aromatic rings. The smallest absolute Gasteiger partial charge is 0.243 e. The van der Waals surface area contributed by atoms with Gasteiger partial charge in [-0.25, -0.2) is 13.1 Å². The molecule has 1 aromatic heterocycles. The van der Waals surface area contributed by atoms with Crippen LogP contribution in [0.3, 0.4) is 0 Å². The van der Waals surface area contributed by atoms with Crippen molar-refractivity contribution in [3.05, 3.63) is 12.4 Å². The van der Waals surface area contributed by atoms with Gasteiger partial charge in [0.2, 0.25) is 10.0 Å². The summed E-state index contributed by atoms with van der Waals surface area (Å²) in [6.07, 6.45) is 4.69. The molecule has 0 aliphatic carbocycles. The molecule has 6 nitrogen and oxygen atoms in total. The fourth-order valence-corrected chi connectivity index (χ4v) is 2.78. The highest BCUT2D eigenvalue weighted by atomic mass is 32.2. The van der Waals surface area contributed by atoms with Gasteiger partial charge >= 0.3 is 0 Å². The highest BCUT2D eigenvalue weighted by molar-refractivity contribution is 7.89. The summed E-state index contributed by atoms with van der Waals surface area (Å²) in [5.41, 5.74) is 0. The first-order chi connectivity index (χ1) is 7.68. The van der Waals surface area contributed by atoms with E-state index >= 15 is 0 Å². The number of hydrogen-bond donors (Lipinski definition) is 3. The van der Waals surface area contributed by atoms with E-state index in [-0.39, 0.29) is 4.90 Å². The van der Waals surface area contributed by atoms with Crippen LogP contribution in [-0.2, 0) is 10.0 Å². The first-order valence-electron chi connectivity index (χ1n) is 5.37. The molecule has 0 bridgehead atoms. The van der Waals surface area contributed by atoms with Crippen LogP contribution >= 0.6 is 0 Å². The van der Waals surface area contributed by atoms with Crippen LogP contribution < -0.4 is 10.0 Å². The molecule has 16 heavy (non-hydrogen) atoms. The van der Waals surface area contributed by atoms with Gasteiger partial charge in [0, 0.05) is 12.7 Å². The molecule has 0 radical (unpaired) electrons. The van der Waals surface area contributed by atoms with Crippen molar-refractivity contribution in [3.63, 3.8) is 0 Å². The lowest BCUT2D eigenvalue weighted by molar-refractivity contribution is 0.519. The zero-order valence-electron chi connectivity index (χ0n) is 8.94. The van der Waals surface area contributed by atoms with Crippen molar-refractivity contribution in [2.75, 3.05) is 19.6 Å². The van der Waals surface area contributed by atoms with Gasteiger partial charge in [-0.2, -0.15) is 5.10 Å². The Morgan fingerprint density at radius 1 is 1.56 bits per heavy atom. The molecule has 0 aromatic carbocycles. The lowest BCUT2D eigenvalue weighted by Gasteiger charge is -2.08. The Labute approximate surface area is 94.9 Å². The molecule has 1 aliphatic rings. The molecule has 0 saturated carbocycles. The van der Waals surface area contributed by atoms with Crippen LogP contribution in [0.25, 0.3) is 0 Å². The molecule has 1 fully saturated rings. The predicted octanol–water partition coefficient (Wildman–Crippen LogP) is -0.312. The van der Waals surface area contributed by atoms with Crippen molar-refractivity contribution in [1.29, 1.82) is 0 Å². The number of hydrogen-bond acceptors (Lipinski definition) is 4. The zero-order chi connectivity index (χ0) is 11.4. The third-order valence-corrected chi connectivity index (χ3v) is 4.22. The van der Waals surface area contributed by atoms with Crippen LogP contribution in [0.2, 0.25) is 0 Å². The summed E-state index contributed by atoms with van der Waals surface area (Å²) >= 11 is 0. The lowest BCUT2D eigenvalue weighted by Crippen LogP contribution is -2.26. The number of aromatic nitrogens is 2. The number of rotatable bonds is 5. The second-order valence-corrected chi connectivity index (χ2v) is 5.75. The SMILES string of the molecule is O=S(=O)(NCCC1CCNC1)c1cn[nH]c1. The van der Waals surface area contributed by atoms with Crippen molar-refractivity contribution in [1.82, 2.24) is 20.2 Å². The number of sulfonamides is 1. The van der Waals surface area contributed by atoms with Gasteiger partial charge in [-0.3, -0.25) is 5.10 Å². The quantitative estimate of drug-likeness (QED) is 0.663. The predicted molar refractivity (Wildman–Crippen MR) is 59.4 cm³/mol. The molecule has 7 heteroatoms. The lowest BCUT2D eigenvalue weighted by atomic mass is 10.1. The summed E-state index contributed by atoms with van der Waals surface area (Å²) in [4.78, 5) is 0.192. The fraction of sp³-hybridized carbons (Fsp3) is 0.667. The van der Waals surface area contributed by atoms with E-state index in [2.05, 4.69) is 20.2 Å². The normalized spacial score (nSPS) is 21.4. The van der Waals surface area contributed by atoms with E-state index in [9.17, 15) is 8.42 Å². The average molecular weight is 244 g/mol.